The van der Waals surface area contributed by atoms with Gasteiger partial charge in [0.2, 0.25) is 0 Å². The van der Waals surface area contributed by atoms with Crippen LogP contribution in [0.25, 0.3) is 0 Å². The Morgan fingerprint density at radius 1 is 1.45 bits per heavy atom. The van der Waals surface area contributed by atoms with E-state index in [-0.39, 0.29) is 23.2 Å². The summed E-state index contributed by atoms with van der Waals surface area (Å²) in [4.78, 5) is 22.5. The largest absolute Gasteiger partial charge is 0.307 e. The molecule has 1 fully saturated rings. The first kappa shape index (κ1) is 14.2. The zero-order valence-corrected chi connectivity index (χ0v) is 12.1. The number of carbonyl (C=O) groups is 1. The van der Waals surface area contributed by atoms with Crippen LogP contribution in [0.15, 0.2) is 36.5 Å². The zero-order valence-electron chi connectivity index (χ0n) is 12.1. The van der Waals surface area contributed by atoms with Gasteiger partial charge in [-0.1, -0.05) is 6.07 Å². The number of nitrogens with zero attached hydrogens (tertiary/aromatic N) is 3. The smallest absolute Gasteiger partial charge is 0.270 e. The third-order valence-corrected chi connectivity index (χ3v) is 3.92. The van der Waals surface area contributed by atoms with E-state index in [1.807, 2.05) is 0 Å². The quantitative estimate of drug-likeness (QED) is 0.679. The summed E-state index contributed by atoms with van der Waals surface area (Å²) in [7, 11) is 0. The summed E-state index contributed by atoms with van der Waals surface area (Å²) in [5.74, 6) is 0.831. The lowest BCUT2D eigenvalue weighted by Crippen LogP contribution is -2.18. The minimum atomic E-state index is -0.518. The van der Waals surface area contributed by atoms with Gasteiger partial charge in [-0.05, 0) is 31.7 Å². The fraction of sp³-hybridized carbons (Fsp3) is 0.333. The van der Waals surface area contributed by atoms with E-state index in [9.17, 15) is 14.9 Å². The summed E-state index contributed by atoms with van der Waals surface area (Å²) in [6.45, 7) is 2.08. The van der Waals surface area contributed by atoms with Crippen molar-refractivity contribution >= 4 is 17.4 Å². The maximum absolute atomic E-state index is 12.3. The van der Waals surface area contributed by atoms with E-state index in [1.165, 1.54) is 31.0 Å². The molecule has 0 saturated heterocycles. The second kappa shape index (κ2) is 5.59. The summed E-state index contributed by atoms with van der Waals surface area (Å²) in [6.07, 6.45) is 4.00. The van der Waals surface area contributed by atoms with Crippen molar-refractivity contribution in [3.8, 4) is 0 Å². The number of carbonyl (C=O) groups excluding carboxylic acids is 1. The molecular formula is C15H16N4O3. The van der Waals surface area contributed by atoms with Gasteiger partial charge in [0, 0.05) is 23.8 Å². The Hall–Kier alpha value is -2.70. The van der Waals surface area contributed by atoms with Crippen LogP contribution in [0.2, 0.25) is 0 Å². The van der Waals surface area contributed by atoms with Gasteiger partial charge in [-0.25, -0.2) is 4.68 Å². The Balaban J connectivity index is 1.78. The van der Waals surface area contributed by atoms with Crippen LogP contribution in [0.4, 0.5) is 11.5 Å². The minimum Gasteiger partial charge on any atom is -0.307 e. The number of hydrogen-bond acceptors (Lipinski definition) is 4. The van der Waals surface area contributed by atoms with E-state index in [4.69, 9.17) is 0 Å². The number of aromatic nitrogens is 2. The van der Waals surface area contributed by atoms with Gasteiger partial charge < -0.3 is 5.32 Å². The summed E-state index contributed by atoms with van der Waals surface area (Å²) in [5, 5.41) is 17.8. The van der Waals surface area contributed by atoms with Crippen LogP contribution in [0.3, 0.4) is 0 Å². The predicted octanol–water partition coefficient (Wildman–Crippen LogP) is 3.01. The first-order valence-corrected chi connectivity index (χ1v) is 7.15. The average Bonchev–Trinajstić information content (AvgIpc) is 3.27. The van der Waals surface area contributed by atoms with Crippen LogP contribution in [0.5, 0.6) is 0 Å². The Bertz CT molecular complexity index is 721. The molecule has 22 heavy (non-hydrogen) atoms. The lowest BCUT2D eigenvalue weighted by Gasteiger charge is -2.15. The lowest BCUT2D eigenvalue weighted by atomic mass is 10.2. The van der Waals surface area contributed by atoms with Crippen LogP contribution in [0, 0.1) is 16.0 Å². The fourth-order valence-corrected chi connectivity index (χ4v) is 2.47. The molecule has 1 N–H and O–H groups in total. The van der Waals surface area contributed by atoms with Crippen molar-refractivity contribution in [3.05, 3.63) is 52.2 Å². The van der Waals surface area contributed by atoms with E-state index in [1.54, 1.807) is 23.0 Å². The molecular weight excluding hydrogens is 284 g/mol. The van der Waals surface area contributed by atoms with E-state index >= 15 is 0 Å². The third-order valence-electron chi connectivity index (χ3n) is 3.92. The van der Waals surface area contributed by atoms with Crippen molar-refractivity contribution in [1.29, 1.82) is 0 Å². The highest BCUT2D eigenvalue weighted by atomic mass is 16.6. The standard InChI is InChI=1S/C15H16N4O3/c1-10(11-5-6-11)18-14(7-8-16-18)17-15(20)12-3-2-4-13(9-12)19(21)22/h2-4,7-11H,5-6H2,1H3,(H,17,20). The number of nitro groups is 1. The summed E-state index contributed by atoms with van der Waals surface area (Å²) in [6, 6.07) is 7.63. The Labute approximate surface area is 127 Å². The number of rotatable bonds is 5. The molecule has 1 aromatic heterocycles. The number of benzene rings is 1. The number of hydrogen-bond donors (Lipinski definition) is 1. The molecule has 1 aliphatic carbocycles. The van der Waals surface area contributed by atoms with Crippen LogP contribution in [-0.2, 0) is 0 Å². The van der Waals surface area contributed by atoms with Crippen molar-refractivity contribution < 1.29 is 9.72 Å². The van der Waals surface area contributed by atoms with Gasteiger partial charge in [0.15, 0.2) is 0 Å². The molecule has 1 amide bonds. The molecule has 1 heterocycles. The van der Waals surface area contributed by atoms with Gasteiger partial charge in [-0.3, -0.25) is 14.9 Å². The van der Waals surface area contributed by atoms with Crippen molar-refractivity contribution in [3.63, 3.8) is 0 Å². The number of nitro benzene ring substituents is 1. The van der Waals surface area contributed by atoms with Gasteiger partial charge in [-0.2, -0.15) is 5.10 Å². The van der Waals surface area contributed by atoms with Crippen molar-refractivity contribution in [2.45, 2.75) is 25.8 Å². The molecule has 1 saturated carbocycles. The lowest BCUT2D eigenvalue weighted by molar-refractivity contribution is -0.384. The second-order valence-electron chi connectivity index (χ2n) is 5.50. The van der Waals surface area contributed by atoms with Crippen molar-refractivity contribution in [2.24, 2.45) is 5.92 Å². The van der Waals surface area contributed by atoms with Crippen molar-refractivity contribution in [2.75, 3.05) is 5.32 Å². The normalized spacial score (nSPS) is 15.3. The number of amides is 1. The summed E-state index contributed by atoms with van der Waals surface area (Å²) >= 11 is 0. The predicted molar refractivity (Wildman–Crippen MR) is 80.7 cm³/mol. The Morgan fingerprint density at radius 3 is 2.91 bits per heavy atom. The monoisotopic (exact) mass is 300 g/mol. The molecule has 1 atom stereocenters. The highest BCUT2D eigenvalue weighted by Gasteiger charge is 2.30. The molecule has 1 aliphatic rings. The first-order valence-electron chi connectivity index (χ1n) is 7.15. The summed E-state index contributed by atoms with van der Waals surface area (Å²) < 4.78 is 1.80. The molecule has 7 nitrogen and oxygen atoms in total. The van der Waals surface area contributed by atoms with E-state index < -0.39 is 4.92 Å². The molecule has 0 aliphatic heterocycles. The number of nitrogens with one attached hydrogen (secondary N) is 1. The Kier molecular flexibility index (Phi) is 3.62. The highest BCUT2D eigenvalue weighted by Crippen LogP contribution is 2.40. The van der Waals surface area contributed by atoms with Gasteiger partial charge in [0.25, 0.3) is 11.6 Å². The van der Waals surface area contributed by atoms with Crippen molar-refractivity contribution in [1.82, 2.24) is 9.78 Å². The molecule has 2 aromatic rings. The molecule has 3 rings (SSSR count). The third kappa shape index (κ3) is 2.83. The van der Waals surface area contributed by atoms with Gasteiger partial charge in [-0.15, -0.1) is 0 Å². The van der Waals surface area contributed by atoms with Gasteiger partial charge in [0.1, 0.15) is 5.82 Å². The molecule has 1 unspecified atom stereocenters. The number of anilines is 1. The van der Waals surface area contributed by atoms with Crippen LogP contribution in [0.1, 0.15) is 36.2 Å². The highest BCUT2D eigenvalue weighted by molar-refractivity contribution is 6.04. The molecule has 1 aromatic carbocycles. The van der Waals surface area contributed by atoms with E-state index in [2.05, 4.69) is 17.3 Å². The van der Waals surface area contributed by atoms with E-state index in [0.717, 1.165) is 0 Å². The van der Waals surface area contributed by atoms with Crippen LogP contribution in [-0.4, -0.2) is 20.6 Å². The van der Waals surface area contributed by atoms with Gasteiger partial charge >= 0.3 is 0 Å². The Morgan fingerprint density at radius 2 is 2.23 bits per heavy atom. The van der Waals surface area contributed by atoms with Crippen LogP contribution >= 0.6 is 0 Å². The maximum Gasteiger partial charge on any atom is 0.270 e. The molecule has 0 radical (unpaired) electrons. The van der Waals surface area contributed by atoms with Crippen LogP contribution < -0.4 is 5.32 Å². The average molecular weight is 300 g/mol. The molecule has 0 bridgehead atoms. The molecule has 114 valence electrons. The zero-order chi connectivity index (χ0) is 15.7. The molecule has 7 heteroatoms. The first-order chi connectivity index (χ1) is 10.6. The van der Waals surface area contributed by atoms with Gasteiger partial charge in [0.05, 0.1) is 17.2 Å². The maximum atomic E-state index is 12.3. The topological polar surface area (TPSA) is 90.1 Å². The molecule has 0 spiro atoms. The fourth-order valence-electron chi connectivity index (χ4n) is 2.47. The summed E-state index contributed by atoms with van der Waals surface area (Å²) in [5.41, 5.74) is 0.147. The minimum absolute atomic E-state index is 0.104. The second-order valence-corrected chi connectivity index (χ2v) is 5.50. The number of non-ortho nitro benzene ring substituents is 1. The SMILES string of the molecule is CC(C1CC1)n1nccc1NC(=O)c1cccc([N+](=O)[O-])c1. The van der Waals surface area contributed by atoms with E-state index in [0.29, 0.717) is 11.7 Å².